The summed E-state index contributed by atoms with van der Waals surface area (Å²) in [5, 5.41) is 0. The van der Waals surface area contributed by atoms with Crippen molar-refractivity contribution in [1.29, 1.82) is 0 Å². The topological polar surface area (TPSA) is 9.23 Å². The Balaban J connectivity index is 2.92. The van der Waals surface area contributed by atoms with E-state index in [2.05, 4.69) is 44.7 Å². The second-order valence-electron chi connectivity index (χ2n) is 4.65. The molecule has 1 aromatic carbocycles. The van der Waals surface area contributed by atoms with Crippen LogP contribution in [0.2, 0.25) is 0 Å². The first-order valence-electron chi connectivity index (χ1n) is 5.88. The lowest BCUT2D eigenvalue weighted by Gasteiger charge is -2.31. The zero-order valence-corrected chi connectivity index (χ0v) is 10.6. The molecule has 1 unspecified atom stereocenters. The molecule has 1 nitrogen and oxygen atoms in total. The van der Waals surface area contributed by atoms with Crippen LogP contribution in [-0.2, 0) is 4.74 Å². The van der Waals surface area contributed by atoms with Crippen molar-refractivity contribution >= 4 is 0 Å². The number of rotatable bonds is 6. The molecule has 0 amide bonds. The van der Waals surface area contributed by atoms with Crippen LogP contribution in [0.4, 0.5) is 0 Å². The Labute approximate surface area is 99.1 Å². The molecule has 0 bridgehead atoms. The van der Waals surface area contributed by atoms with Gasteiger partial charge in [0.05, 0.1) is 6.61 Å². The summed E-state index contributed by atoms with van der Waals surface area (Å²) in [5.41, 5.74) is 1.37. The standard InChI is InChI=1S/C15H22O/c1-5-15(3,4)14(12-16-6-2)13-10-8-7-9-11-13/h5,7-11,14H,1,6,12H2,2-4H3. The molecule has 1 atom stereocenters. The second-order valence-corrected chi connectivity index (χ2v) is 4.65. The Morgan fingerprint density at radius 2 is 1.94 bits per heavy atom. The van der Waals surface area contributed by atoms with Crippen LogP contribution in [0.3, 0.4) is 0 Å². The molecule has 0 aromatic heterocycles. The minimum Gasteiger partial charge on any atom is -0.381 e. The highest BCUT2D eigenvalue weighted by molar-refractivity contribution is 5.23. The highest BCUT2D eigenvalue weighted by atomic mass is 16.5. The summed E-state index contributed by atoms with van der Waals surface area (Å²) in [4.78, 5) is 0. The Hall–Kier alpha value is -1.08. The van der Waals surface area contributed by atoms with Crippen molar-refractivity contribution in [2.75, 3.05) is 13.2 Å². The fourth-order valence-corrected chi connectivity index (χ4v) is 1.80. The molecule has 0 aliphatic carbocycles. The van der Waals surface area contributed by atoms with E-state index in [4.69, 9.17) is 4.74 Å². The van der Waals surface area contributed by atoms with Gasteiger partial charge in [0, 0.05) is 12.5 Å². The van der Waals surface area contributed by atoms with Gasteiger partial charge in [-0.3, -0.25) is 0 Å². The molecule has 0 heterocycles. The molecule has 88 valence electrons. The van der Waals surface area contributed by atoms with E-state index in [0.29, 0.717) is 5.92 Å². The van der Waals surface area contributed by atoms with Gasteiger partial charge >= 0.3 is 0 Å². The van der Waals surface area contributed by atoms with E-state index in [-0.39, 0.29) is 5.41 Å². The zero-order valence-electron chi connectivity index (χ0n) is 10.6. The molecular formula is C15H22O. The second kappa shape index (κ2) is 5.86. The monoisotopic (exact) mass is 218 g/mol. The van der Waals surface area contributed by atoms with Crippen molar-refractivity contribution in [3.63, 3.8) is 0 Å². The van der Waals surface area contributed by atoms with Crippen molar-refractivity contribution in [2.24, 2.45) is 5.41 Å². The Morgan fingerprint density at radius 3 is 2.44 bits per heavy atom. The molecule has 0 radical (unpaired) electrons. The van der Waals surface area contributed by atoms with Crippen molar-refractivity contribution in [2.45, 2.75) is 26.7 Å². The normalized spacial score (nSPS) is 13.4. The van der Waals surface area contributed by atoms with Crippen LogP contribution in [0.5, 0.6) is 0 Å². The molecular weight excluding hydrogens is 196 g/mol. The lowest BCUT2D eigenvalue weighted by atomic mass is 9.75. The Kier molecular flexibility index (Phi) is 4.75. The maximum atomic E-state index is 5.59. The Bertz CT molecular complexity index is 313. The molecule has 1 aromatic rings. The minimum absolute atomic E-state index is 0.0521. The maximum absolute atomic E-state index is 5.59. The highest BCUT2D eigenvalue weighted by Gasteiger charge is 2.27. The quantitative estimate of drug-likeness (QED) is 0.655. The van der Waals surface area contributed by atoms with Gasteiger partial charge in [0.15, 0.2) is 0 Å². The summed E-state index contributed by atoms with van der Waals surface area (Å²) in [6, 6.07) is 10.5. The molecule has 0 aliphatic heterocycles. The predicted molar refractivity (Wildman–Crippen MR) is 69.7 cm³/mol. The highest BCUT2D eigenvalue weighted by Crippen LogP contribution is 2.36. The van der Waals surface area contributed by atoms with E-state index in [1.54, 1.807) is 0 Å². The van der Waals surface area contributed by atoms with Crippen LogP contribution in [-0.4, -0.2) is 13.2 Å². The van der Waals surface area contributed by atoms with Crippen LogP contribution in [0.1, 0.15) is 32.3 Å². The average Bonchev–Trinajstić information content (AvgIpc) is 2.31. The molecule has 0 spiro atoms. The molecule has 0 aliphatic rings. The minimum atomic E-state index is 0.0521. The van der Waals surface area contributed by atoms with Crippen LogP contribution >= 0.6 is 0 Å². The number of allylic oxidation sites excluding steroid dienone is 1. The maximum Gasteiger partial charge on any atom is 0.0542 e. The summed E-state index contributed by atoms with van der Waals surface area (Å²) in [7, 11) is 0. The van der Waals surface area contributed by atoms with E-state index >= 15 is 0 Å². The van der Waals surface area contributed by atoms with Gasteiger partial charge in [0.2, 0.25) is 0 Å². The van der Waals surface area contributed by atoms with Crippen LogP contribution in [0, 0.1) is 5.41 Å². The van der Waals surface area contributed by atoms with Crippen molar-refractivity contribution in [1.82, 2.24) is 0 Å². The molecule has 0 fully saturated rings. The third kappa shape index (κ3) is 3.21. The molecule has 16 heavy (non-hydrogen) atoms. The van der Waals surface area contributed by atoms with E-state index in [1.165, 1.54) is 5.56 Å². The molecule has 1 heteroatoms. The van der Waals surface area contributed by atoms with Gasteiger partial charge in [0.25, 0.3) is 0 Å². The van der Waals surface area contributed by atoms with Gasteiger partial charge in [0.1, 0.15) is 0 Å². The van der Waals surface area contributed by atoms with Crippen molar-refractivity contribution in [3.05, 3.63) is 48.6 Å². The van der Waals surface area contributed by atoms with Gasteiger partial charge in [-0.25, -0.2) is 0 Å². The van der Waals surface area contributed by atoms with E-state index in [1.807, 2.05) is 19.1 Å². The fourth-order valence-electron chi connectivity index (χ4n) is 1.80. The van der Waals surface area contributed by atoms with E-state index in [0.717, 1.165) is 13.2 Å². The summed E-state index contributed by atoms with van der Waals surface area (Å²) in [6.45, 7) is 11.9. The molecule has 0 saturated carbocycles. The van der Waals surface area contributed by atoms with Crippen molar-refractivity contribution < 1.29 is 4.74 Å². The summed E-state index contributed by atoms with van der Waals surface area (Å²) in [6.07, 6.45) is 2.02. The number of hydrogen-bond acceptors (Lipinski definition) is 1. The lowest BCUT2D eigenvalue weighted by Crippen LogP contribution is -2.24. The molecule has 0 N–H and O–H groups in total. The van der Waals surface area contributed by atoms with Gasteiger partial charge in [-0.2, -0.15) is 0 Å². The first-order chi connectivity index (χ1) is 7.61. The van der Waals surface area contributed by atoms with E-state index in [9.17, 15) is 0 Å². The third-order valence-electron chi connectivity index (χ3n) is 3.11. The van der Waals surface area contributed by atoms with Gasteiger partial charge in [-0.05, 0) is 17.9 Å². The van der Waals surface area contributed by atoms with E-state index < -0.39 is 0 Å². The predicted octanol–water partition coefficient (Wildman–Crippen LogP) is 4.02. The number of hydrogen-bond donors (Lipinski definition) is 0. The zero-order chi connectivity index (χ0) is 12.0. The van der Waals surface area contributed by atoms with Gasteiger partial charge in [-0.15, -0.1) is 6.58 Å². The Morgan fingerprint density at radius 1 is 1.31 bits per heavy atom. The van der Waals surface area contributed by atoms with Gasteiger partial charge in [-0.1, -0.05) is 50.3 Å². The average molecular weight is 218 g/mol. The summed E-state index contributed by atoms with van der Waals surface area (Å²) >= 11 is 0. The largest absolute Gasteiger partial charge is 0.381 e. The first kappa shape index (κ1) is 13.0. The fraction of sp³-hybridized carbons (Fsp3) is 0.467. The smallest absolute Gasteiger partial charge is 0.0542 e. The summed E-state index contributed by atoms with van der Waals surface area (Å²) < 4.78 is 5.59. The van der Waals surface area contributed by atoms with Gasteiger partial charge < -0.3 is 4.74 Å². The first-order valence-corrected chi connectivity index (χ1v) is 5.88. The SMILES string of the molecule is C=CC(C)(C)C(COCC)c1ccccc1. The molecule has 1 rings (SSSR count). The van der Waals surface area contributed by atoms with Crippen LogP contribution in [0.15, 0.2) is 43.0 Å². The number of ether oxygens (including phenoxy) is 1. The van der Waals surface area contributed by atoms with Crippen molar-refractivity contribution in [3.8, 4) is 0 Å². The molecule has 0 saturated heterocycles. The summed E-state index contributed by atoms with van der Waals surface area (Å²) in [5.74, 6) is 0.367. The lowest BCUT2D eigenvalue weighted by molar-refractivity contribution is 0.105. The third-order valence-corrected chi connectivity index (χ3v) is 3.11. The van der Waals surface area contributed by atoms with Crippen LogP contribution in [0.25, 0.3) is 0 Å². The number of benzene rings is 1. The van der Waals surface area contributed by atoms with Crippen LogP contribution < -0.4 is 0 Å².